The number of fused-ring (bicyclic) bond motifs is 1. The summed E-state index contributed by atoms with van der Waals surface area (Å²) in [7, 11) is 1.95. The molecule has 0 aliphatic carbocycles. The number of nitrogens with zero attached hydrogens (tertiary/aromatic N) is 1. The van der Waals surface area contributed by atoms with Gasteiger partial charge in [-0.05, 0) is 40.6 Å². The van der Waals surface area contributed by atoms with E-state index >= 15 is 0 Å². The van der Waals surface area contributed by atoms with Crippen molar-refractivity contribution < 1.29 is 14.7 Å². The van der Waals surface area contributed by atoms with Crippen molar-refractivity contribution in [3.63, 3.8) is 0 Å². The van der Waals surface area contributed by atoms with Crippen LogP contribution in [0.25, 0.3) is 10.9 Å². The Labute approximate surface area is 149 Å². The predicted molar refractivity (Wildman–Crippen MR) is 97.1 cm³/mol. The summed E-state index contributed by atoms with van der Waals surface area (Å²) in [4.78, 5) is 24.6. The molecule has 3 N–H and O–H groups in total. The van der Waals surface area contributed by atoms with Gasteiger partial charge in [-0.1, -0.05) is 12.1 Å². The molecule has 130 valence electrons. The minimum absolute atomic E-state index is 0.0242. The maximum absolute atomic E-state index is 11.8. The maximum atomic E-state index is 11.8. The molecule has 6 nitrogen and oxygen atoms in total. The van der Waals surface area contributed by atoms with Crippen molar-refractivity contribution in [2.45, 2.75) is 12.6 Å². The van der Waals surface area contributed by atoms with Gasteiger partial charge in [0.05, 0.1) is 12.6 Å². The van der Waals surface area contributed by atoms with Crippen LogP contribution in [0.5, 0.6) is 0 Å². The van der Waals surface area contributed by atoms with E-state index in [0.717, 1.165) is 15.8 Å². The largest absolute Gasteiger partial charge is 0.387 e. The molecule has 2 heterocycles. The highest BCUT2D eigenvalue weighted by molar-refractivity contribution is 7.09. The highest BCUT2D eigenvalue weighted by Gasteiger charge is 2.16. The SMILES string of the molecule is Cn1ccc2cc([C@@H](O)CNC(=O)C(=O)NCc3cccs3)ccc21. The van der Waals surface area contributed by atoms with Gasteiger partial charge >= 0.3 is 11.8 Å². The molecule has 0 spiro atoms. The van der Waals surface area contributed by atoms with Crippen LogP contribution in [-0.2, 0) is 23.2 Å². The topological polar surface area (TPSA) is 83.4 Å². The van der Waals surface area contributed by atoms with Crippen molar-refractivity contribution in [2.75, 3.05) is 6.54 Å². The summed E-state index contributed by atoms with van der Waals surface area (Å²) in [5.41, 5.74) is 1.76. The Morgan fingerprint density at radius 1 is 1.20 bits per heavy atom. The zero-order valence-corrected chi connectivity index (χ0v) is 14.5. The number of nitrogens with one attached hydrogen (secondary N) is 2. The maximum Gasteiger partial charge on any atom is 0.309 e. The molecule has 2 aromatic heterocycles. The fourth-order valence-corrected chi connectivity index (χ4v) is 3.20. The van der Waals surface area contributed by atoms with Gasteiger partial charge < -0.3 is 20.3 Å². The molecule has 1 aromatic carbocycles. The molecule has 0 bridgehead atoms. The van der Waals surface area contributed by atoms with Gasteiger partial charge in [0.25, 0.3) is 0 Å². The van der Waals surface area contributed by atoms with Crippen molar-refractivity contribution in [2.24, 2.45) is 7.05 Å². The average Bonchev–Trinajstić information content (AvgIpc) is 3.27. The highest BCUT2D eigenvalue weighted by Crippen LogP contribution is 2.20. The van der Waals surface area contributed by atoms with Gasteiger partial charge in [-0.25, -0.2) is 0 Å². The Morgan fingerprint density at radius 2 is 2.00 bits per heavy atom. The van der Waals surface area contributed by atoms with E-state index in [0.29, 0.717) is 12.1 Å². The first-order valence-corrected chi connectivity index (χ1v) is 8.74. The molecule has 0 radical (unpaired) electrons. The number of carbonyl (C=O) groups excluding carboxylic acids is 2. The van der Waals surface area contributed by atoms with E-state index in [1.807, 2.05) is 59.6 Å². The minimum Gasteiger partial charge on any atom is -0.387 e. The van der Waals surface area contributed by atoms with Crippen LogP contribution in [0.1, 0.15) is 16.5 Å². The Morgan fingerprint density at radius 3 is 2.76 bits per heavy atom. The molecule has 3 aromatic rings. The van der Waals surface area contributed by atoms with Gasteiger partial charge in [0.15, 0.2) is 0 Å². The number of aliphatic hydroxyl groups is 1. The lowest BCUT2D eigenvalue weighted by Crippen LogP contribution is -2.41. The van der Waals surface area contributed by atoms with Crippen LogP contribution in [0.15, 0.2) is 48.0 Å². The molecular weight excluding hydrogens is 338 g/mol. The lowest BCUT2D eigenvalue weighted by Gasteiger charge is -2.12. The van der Waals surface area contributed by atoms with Crippen molar-refractivity contribution in [3.8, 4) is 0 Å². The number of benzene rings is 1. The standard InChI is InChI=1S/C18H19N3O3S/c1-21-7-6-12-9-13(4-5-15(12)21)16(22)11-20-18(24)17(23)19-10-14-3-2-8-25-14/h2-9,16,22H,10-11H2,1H3,(H,19,23)(H,20,24)/t16-/m0/s1. The number of hydrogen-bond donors (Lipinski definition) is 3. The molecule has 0 aliphatic heterocycles. The number of amides is 2. The van der Waals surface area contributed by atoms with Crippen molar-refractivity contribution in [1.82, 2.24) is 15.2 Å². The second-order valence-corrected chi connectivity index (χ2v) is 6.77. The molecule has 0 aliphatic rings. The zero-order chi connectivity index (χ0) is 17.8. The van der Waals surface area contributed by atoms with Gasteiger partial charge in [0.2, 0.25) is 0 Å². The van der Waals surface area contributed by atoms with Crippen LogP contribution in [0.2, 0.25) is 0 Å². The molecular formula is C18H19N3O3S. The fourth-order valence-electron chi connectivity index (χ4n) is 2.56. The molecule has 25 heavy (non-hydrogen) atoms. The van der Waals surface area contributed by atoms with Crippen LogP contribution in [-0.4, -0.2) is 28.0 Å². The molecule has 0 saturated heterocycles. The van der Waals surface area contributed by atoms with E-state index in [1.54, 1.807) is 0 Å². The van der Waals surface area contributed by atoms with E-state index in [4.69, 9.17) is 0 Å². The Balaban J connectivity index is 1.52. The third kappa shape index (κ3) is 4.07. The smallest absolute Gasteiger partial charge is 0.309 e. The first kappa shape index (κ1) is 17.2. The lowest BCUT2D eigenvalue weighted by atomic mass is 10.1. The predicted octanol–water partition coefficient (Wildman–Crippen LogP) is 1.71. The fraction of sp³-hybridized carbons (Fsp3) is 0.222. The summed E-state index contributed by atoms with van der Waals surface area (Å²) in [5.74, 6) is -1.46. The normalized spacial score (nSPS) is 12.1. The number of rotatable bonds is 5. The Kier molecular flexibility index (Phi) is 5.16. The number of aryl methyl sites for hydroxylation is 1. The number of aromatic nitrogens is 1. The number of aliphatic hydroxyl groups excluding tert-OH is 1. The summed E-state index contributed by atoms with van der Waals surface area (Å²) in [6.07, 6.45) is 1.07. The minimum atomic E-state index is -0.876. The molecule has 3 rings (SSSR count). The van der Waals surface area contributed by atoms with E-state index < -0.39 is 17.9 Å². The first-order chi connectivity index (χ1) is 12.0. The Hall–Kier alpha value is -2.64. The van der Waals surface area contributed by atoms with Gasteiger partial charge in [0, 0.05) is 30.2 Å². The molecule has 0 unspecified atom stereocenters. The first-order valence-electron chi connectivity index (χ1n) is 7.86. The lowest BCUT2D eigenvalue weighted by molar-refractivity contribution is -0.139. The van der Waals surface area contributed by atoms with Crippen LogP contribution in [0, 0.1) is 0 Å². The average molecular weight is 357 g/mol. The second-order valence-electron chi connectivity index (χ2n) is 5.73. The van der Waals surface area contributed by atoms with Crippen LogP contribution in [0.4, 0.5) is 0 Å². The van der Waals surface area contributed by atoms with Crippen molar-refractivity contribution >= 4 is 34.1 Å². The third-order valence-corrected chi connectivity index (χ3v) is 4.84. The number of thiophene rings is 1. The molecule has 0 saturated carbocycles. The van der Waals surface area contributed by atoms with Gasteiger partial charge in [-0.15, -0.1) is 11.3 Å². The zero-order valence-electron chi connectivity index (χ0n) is 13.7. The van der Waals surface area contributed by atoms with E-state index in [9.17, 15) is 14.7 Å². The molecule has 7 heteroatoms. The van der Waals surface area contributed by atoms with Crippen LogP contribution < -0.4 is 10.6 Å². The monoisotopic (exact) mass is 357 g/mol. The van der Waals surface area contributed by atoms with Crippen LogP contribution >= 0.6 is 11.3 Å². The molecule has 0 fully saturated rings. The summed E-state index contributed by atoms with van der Waals surface area (Å²) in [6.45, 7) is 0.292. The molecule has 2 amide bonds. The summed E-state index contributed by atoms with van der Waals surface area (Å²) in [6, 6.07) is 11.3. The highest BCUT2D eigenvalue weighted by atomic mass is 32.1. The van der Waals surface area contributed by atoms with Gasteiger partial charge in [-0.3, -0.25) is 9.59 Å². The van der Waals surface area contributed by atoms with Crippen molar-refractivity contribution in [3.05, 3.63) is 58.4 Å². The van der Waals surface area contributed by atoms with E-state index in [1.165, 1.54) is 11.3 Å². The summed E-state index contributed by atoms with van der Waals surface area (Å²) in [5, 5.41) is 18.2. The van der Waals surface area contributed by atoms with Gasteiger partial charge in [0.1, 0.15) is 0 Å². The Bertz CT molecular complexity index is 886. The van der Waals surface area contributed by atoms with E-state index in [2.05, 4.69) is 10.6 Å². The number of hydrogen-bond acceptors (Lipinski definition) is 4. The number of carbonyl (C=O) groups is 2. The van der Waals surface area contributed by atoms with E-state index in [-0.39, 0.29) is 6.54 Å². The van der Waals surface area contributed by atoms with Crippen LogP contribution in [0.3, 0.4) is 0 Å². The third-order valence-electron chi connectivity index (χ3n) is 3.96. The van der Waals surface area contributed by atoms with Gasteiger partial charge in [-0.2, -0.15) is 0 Å². The summed E-state index contributed by atoms with van der Waals surface area (Å²) < 4.78 is 1.99. The summed E-state index contributed by atoms with van der Waals surface area (Å²) >= 11 is 1.51. The molecule has 1 atom stereocenters. The quantitative estimate of drug-likeness (QED) is 0.608. The second kappa shape index (κ2) is 7.50. The van der Waals surface area contributed by atoms with Crippen molar-refractivity contribution in [1.29, 1.82) is 0 Å².